The standard InChI is InChI=1S/C17H22N4/c1-12(2)18-17-19-13(3)11-16(20-17)21-10-6-8-14-7-4-5-9-15(14)21/h4-5,7,9,11-12H,6,8,10H2,1-3H3,(H,18,19,20). The molecule has 0 amide bonds. The number of hydrogen-bond acceptors (Lipinski definition) is 4. The monoisotopic (exact) mass is 282 g/mol. The molecule has 1 aromatic carbocycles. The number of para-hydroxylation sites is 1. The van der Waals surface area contributed by atoms with E-state index in [0.717, 1.165) is 30.9 Å². The lowest BCUT2D eigenvalue weighted by Crippen LogP contribution is -2.26. The van der Waals surface area contributed by atoms with Gasteiger partial charge in [0.05, 0.1) is 0 Å². The van der Waals surface area contributed by atoms with E-state index in [9.17, 15) is 0 Å². The highest BCUT2D eigenvalue weighted by molar-refractivity contribution is 5.66. The van der Waals surface area contributed by atoms with Crippen LogP contribution in [-0.2, 0) is 6.42 Å². The third kappa shape index (κ3) is 2.99. The first kappa shape index (κ1) is 13.9. The molecule has 0 spiro atoms. The highest BCUT2D eigenvalue weighted by Crippen LogP contribution is 2.32. The Balaban J connectivity index is 1.99. The van der Waals surface area contributed by atoms with Crippen LogP contribution >= 0.6 is 0 Å². The first-order chi connectivity index (χ1) is 10.1. The van der Waals surface area contributed by atoms with Crippen molar-refractivity contribution >= 4 is 17.5 Å². The number of fused-ring (bicyclic) bond motifs is 1. The highest BCUT2D eigenvalue weighted by Gasteiger charge is 2.19. The van der Waals surface area contributed by atoms with Crippen LogP contribution in [0.2, 0.25) is 0 Å². The summed E-state index contributed by atoms with van der Waals surface area (Å²) in [5, 5.41) is 3.30. The molecule has 0 atom stereocenters. The maximum atomic E-state index is 4.70. The van der Waals surface area contributed by atoms with E-state index in [1.807, 2.05) is 6.92 Å². The van der Waals surface area contributed by atoms with Gasteiger partial charge in [-0.05, 0) is 45.2 Å². The molecule has 1 aromatic heterocycles. The Kier molecular flexibility index (Phi) is 3.78. The van der Waals surface area contributed by atoms with Gasteiger partial charge >= 0.3 is 0 Å². The quantitative estimate of drug-likeness (QED) is 0.932. The van der Waals surface area contributed by atoms with E-state index < -0.39 is 0 Å². The molecule has 2 heterocycles. The van der Waals surface area contributed by atoms with Crippen molar-refractivity contribution in [3.8, 4) is 0 Å². The molecule has 2 aromatic rings. The summed E-state index contributed by atoms with van der Waals surface area (Å²) in [5.41, 5.74) is 3.67. The van der Waals surface area contributed by atoms with E-state index in [4.69, 9.17) is 4.98 Å². The Morgan fingerprint density at radius 3 is 2.81 bits per heavy atom. The molecule has 4 heteroatoms. The first-order valence-corrected chi connectivity index (χ1v) is 7.61. The Bertz CT molecular complexity index is 636. The zero-order chi connectivity index (χ0) is 14.8. The van der Waals surface area contributed by atoms with Gasteiger partial charge in [-0.1, -0.05) is 18.2 Å². The number of aryl methyl sites for hydroxylation is 2. The second-order valence-electron chi connectivity index (χ2n) is 5.87. The van der Waals surface area contributed by atoms with Gasteiger partial charge in [-0.25, -0.2) is 4.98 Å². The van der Waals surface area contributed by atoms with Crippen LogP contribution in [-0.4, -0.2) is 22.6 Å². The fraction of sp³-hybridized carbons (Fsp3) is 0.412. The molecule has 0 fully saturated rings. The number of hydrogen-bond donors (Lipinski definition) is 1. The maximum absolute atomic E-state index is 4.70. The van der Waals surface area contributed by atoms with Crippen LogP contribution in [0.4, 0.5) is 17.5 Å². The molecule has 0 aliphatic carbocycles. The average molecular weight is 282 g/mol. The van der Waals surface area contributed by atoms with E-state index in [0.29, 0.717) is 12.0 Å². The molecule has 0 unspecified atom stereocenters. The number of nitrogens with zero attached hydrogens (tertiary/aromatic N) is 3. The molecule has 1 aliphatic rings. The summed E-state index contributed by atoms with van der Waals surface area (Å²) in [5.74, 6) is 1.70. The van der Waals surface area contributed by atoms with Crippen molar-refractivity contribution in [2.75, 3.05) is 16.8 Å². The SMILES string of the molecule is Cc1cc(N2CCCc3ccccc32)nc(NC(C)C)n1. The fourth-order valence-electron chi connectivity index (χ4n) is 2.78. The fourth-order valence-corrected chi connectivity index (χ4v) is 2.78. The first-order valence-electron chi connectivity index (χ1n) is 7.61. The summed E-state index contributed by atoms with van der Waals surface area (Å²) in [6.45, 7) is 7.23. The van der Waals surface area contributed by atoms with E-state index in [2.05, 4.69) is 59.4 Å². The van der Waals surface area contributed by atoms with Gasteiger partial charge in [-0.15, -0.1) is 0 Å². The van der Waals surface area contributed by atoms with E-state index in [1.165, 1.54) is 11.3 Å². The normalized spacial score (nSPS) is 14.2. The van der Waals surface area contributed by atoms with Gasteiger partial charge in [0.25, 0.3) is 0 Å². The molecule has 4 nitrogen and oxygen atoms in total. The average Bonchev–Trinajstić information content (AvgIpc) is 2.45. The van der Waals surface area contributed by atoms with E-state index in [1.54, 1.807) is 0 Å². The third-order valence-electron chi connectivity index (χ3n) is 3.65. The second kappa shape index (κ2) is 5.72. The van der Waals surface area contributed by atoms with Crippen LogP contribution < -0.4 is 10.2 Å². The molecular formula is C17H22N4. The molecule has 21 heavy (non-hydrogen) atoms. The minimum absolute atomic E-state index is 0.327. The van der Waals surface area contributed by atoms with Crippen LogP contribution in [0.1, 0.15) is 31.5 Å². The van der Waals surface area contributed by atoms with Crippen molar-refractivity contribution in [1.82, 2.24) is 9.97 Å². The summed E-state index contributed by atoms with van der Waals surface area (Å²) < 4.78 is 0. The number of nitrogens with one attached hydrogen (secondary N) is 1. The molecule has 1 N–H and O–H groups in total. The molecule has 0 saturated carbocycles. The van der Waals surface area contributed by atoms with Crippen molar-refractivity contribution in [3.05, 3.63) is 41.6 Å². The van der Waals surface area contributed by atoms with E-state index >= 15 is 0 Å². The van der Waals surface area contributed by atoms with Crippen molar-refractivity contribution in [3.63, 3.8) is 0 Å². The van der Waals surface area contributed by atoms with Crippen LogP contribution in [0.15, 0.2) is 30.3 Å². The zero-order valence-electron chi connectivity index (χ0n) is 12.9. The Hall–Kier alpha value is -2.10. The minimum atomic E-state index is 0.327. The van der Waals surface area contributed by atoms with Gasteiger partial charge in [0.2, 0.25) is 5.95 Å². The molecule has 3 rings (SSSR count). The van der Waals surface area contributed by atoms with Crippen LogP contribution in [0.5, 0.6) is 0 Å². The molecule has 0 saturated heterocycles. The third-order valence-corrected chi connectivity index (χ3v) is 3.65. The van der Waals surface area contributed by atoms with Crippen molar-refractivity contribution < 1.29 is 0 Å². The summed E-state index contributed by atoms with van der Waals surface area (Å²) in [6, 6.07) is 11.0. The van der Waals surface area contributed by atoms with Crippen molar-refractivity contribution in [2.24, 2.45) is 0 Å². The lowest BCUT2D eigenvalue weighted by Gasteiger charge is -2.30. The Morgan fingerprint density at radius 1 is 1.19 bits per heavy atom. The summed E-state index contributed by atoms with van der Waals surface area (Å²) in [7, 11) is 0. The zero-order valence-corrected chi connectivity index (χ0v) is 12.9. The van der Waals surface area contributed by atoms with Crippen LogP contribution in [0.3, 0.4) is 0 Å². The molecule has 1 aliphatic heterocycles. The number of benzene rings is 1. The van der Waals surface area contributed by atoms with Crippen LogP contribution in [0.25, 0.3) is 0 Å². The summed E-state index contributed by atoms with van der Waals surface area (Å²) in [4.78, 5) is 11.5. The number of anilines is 3. The number of rotatable bonds is 3. The van der Waals surface area contributed by atoms with Gasteiger partial charge in [-0.3, -0.25) is 0 Å². The van der Waals surface area contributed by atoms with Crippen LogP contribution in [0, 0.1) is 6.92 Å². The van der Waals surface area contributed by atoms with Gasteiger partial charge in [-0.2, -0.15) is 4.98 Å². The minimum Gasteiger partial charge on any atom is -0.352 e. The highest BCUT2D eigenvalue weighted by atomic mass is 15.2. The topological polar surface area (TPSA) is 41.1 Å². The van der Waals surface area contributed by atoms with Crippen molar-refractivity contribution in [1.29, 1.82) is 0 Å². The largest absolute Gasteiger partial charge is 0.352 e. The molecule has 0 bridgehead atoms. The Morgan fingerprint density at radius 2 is 2.00 bits per heavy atom. The van der Waals surface area contributed by atoms with Gasteiger partial charge in [0, 0.05) is 30.0 Å². The van der Waals surface area contributed by atoms with E-state index in [-0.39, 0.29) is 0 Å². The predicted molar refractivity (Wildman–Crippen MR) is 87.3 cm³/mol. The Labute approximate surface area is 126 Å². The number of aromatic nitrogens is 2. The van der Waals surface area contributed by atoms with Gasteiger partial charge < -0.3 is 10.2 Å². The lowest BCUT2D eigenvalue weighted by molar-refractivity contribution is 0.756. The molecular weight excluding hydrogens is 260 g/mol. The summed E-state index contributed by atoms with van der Waals surface area (Å²) in [6.07, 6.45) is 2.31. The summed E-state index contributed by atoms with van der Waals surface area (Å²) >= 11 is 0. The predicted octanol–water partition coefficient (Wildman–Crippen LogP) is 3.69. The second-order valence-corrected chi connectivity index (χ2v) is 5.87. The maximum Gasteiger partial charge on any atom is 0.225 e. The molecule has 110 valence electrons. The molecule has 0 radical (unpaired) electrons. The van der Waals surface area contributed by atoms with Crippen molar-refractivity contribution in [2.45, 2.75) is 39.7 Å². The van der Waals surface area contributed by atoms with Gasteiger partial charge in [0.15, 0.2) is 0 Å². The van der Waals surface area contributed by atoms with Gasteiger partial charge in [0.1, 0.15) is 5.82 Å². The smallest absolute Gasteiger partial charge is 0.225 e. The lowest BCUT2D eigenvalue weighted by atomic mass is 10.0.